The first-order valence-electron chi connectivity index (χ1n) is 5.70. The normalized spacial score (nSPS) is 26.2. The first-order chi connectivity index (χ1) is 7.41. The molecule has 2 atom stereocenters. The quantitative estimate of drug-likeness (QED) is 0.769. The maximum atomic E-state index is 5.75. The predicted molar refractivity (Wildman–Crippen MR) is 64.9 cm³/mol. The lowest BCUT2D eigenvalue weighted by Gasteiger charge is -2.25. The highest BCUT2D eigenvalue weighted by Gasteiger charge is 2.32. The Labute approximate surface area is 101 Å². The number of hydrogen-bond acceptors (Lipinski definition) is 3. The van der Waals surface area contributed by atoms with Gasteiger partial charge in [0, 0.05) is 12.1 Å². The number of H-pyrrole nitrogens is 1. The molecule has 2 rings (SSSR count). The second-order valence-electron chi connectivity index (χ2n) is 5.45. The summed E-state index contributed by atoms with van der Waals surface area (Å²) in [6.07, 6.45) is 1.17. The largest absolute Gasteiger partial charge is 0.370 e. The molecule has 2 unspecified atom stereocenters. The van der Waals surface area contributed by atoms with Crippen LogP contribution < -0.4 is 0 Å². The summed E-state index contributed by atoms with van der Waals surface area (Å²) in [6, 6.07) is 0. The van der Waals surface area contributed by atoms with Gasteiger partial charge in [0.25, 0.3) is 0 Å². The van der Waals surface area contributed by atoms with Crippen molar-refractivity contribution in [1.29, 1.82) is 0 Å². The second kappa shape index (κ2) is 3.96. The van der Waals surface area contributed by atoms with Crippen LogP contribution in [0, 0.1) is 10.7 Å². The van der Waals surface area contributed by atoms with Crippen molar-refractivity contribution in [3.63, 3.8) is 0 Å². The molecule has 1 aromatic rings. The summed E-state index contributed by atoms with van der Waals surface area (Å²) in [7, 11) is 0. The smallest absolute Gasteiger partial charge is 0.195 e. The van der Waals surface area contributed by atoms with E-state index < -0.39 is 0 Å². The summed E-state index contributed by atoms with van der Waals surface area (Å²) in [5.74, 6) is 1.44. The summed E-state index contributed by atoms with van der Waals surface area (Å²) in [5, 5.41) is 7.21. The van der Waals surface area contributed by atoms with E-state index in [4.69, 9.17) is 17.0 Å². The molecule has 4 nitrogen and oxygen atoms in total. The molecule has 1 aliphatic rings. The number of nitrogens with one attached hydrogen (secondary N) is 1. The Bertz CT molecular complexity index is 429. The van der Waals surface area contributed by atoms with E-state index in [1.54, 1.807) is 0 Å². The SMILES string of the molecule is CC1CCOC1c1n[nH]c(=S)n1C(C)(C)C. The van der Waals surface area contributed by atoms with Crippen LogP contribution in [-0.2, 0) is 10.3 Å². The number of hydrogen-bond donors (Lipinski definition) is 1. The van der Waals surface area contributed by atoms with Crippen LogP contribution in [0.1, 0.15) is 46.0 Å². The summed E-state index contributed by atoms with van der Waals surface area (Å²) in [6.45, 7) is 9.39. The minimum atomic E-state index is -0.0644. The summed E-state index contributed by atoms with van der Waals surface area (Å²) in [4.78, 5) is 0. The van der Waals surface area contributed by atoms with Gasteiger partial charge in [0.1, 0.15) is 6.10 Å². The lowest BCUT2D eigenvalue weighted by atomic mass is 10.0. The number of nitrogens with zero attached hydrogens (tertiary/aromatic N) is 2. The Morgan fingerprint density at radius 2 is 2.19 bits per heavy atom. The molecule has 0 aromatic carbocycles. The van der Waals surface area contributed by atoms with Gasteiger partial charge in [0.15, 0.2) is 10.6 Å². The van der Waals surface area contributed by atoms with Crippen molar-refractivity contribution >= 4 is 12.2 Å². The number of aromatic amines is 1. The van der Waals surface area contributed by atoms with E-state index in [2.05, 4.69) is 42.5 Å². The van der Waals surface area contributed by atoms with Crippen LogP contribution in [0.25, 0.3) is 0 Å². The highest BCUT2D eigenvalue weighted by atomic mass is 32.1. The van der Waals surface area contributed by atoms with E-state index in [-0.39, 0.29) is 11.6 Å². The third kappa shape index (κ3) is 1.94. The molecule has 0 spiro atoms. The standard InChI is InChI=1S/C11H19N3OS/c1-7-5-6-15-8(7)9-12-13-10(16)14(9)11(2,3)4/h7-8H,5-6H2,1-4H3,(H,13,16). The van der Waals surface area contributed by atoms with Crippen molar-refractivity contribution in [3.8, 4) is 0 Å². The van der Waals surface area contributed by atoms with E-state index in [1.165, 1.54) is 0 Å². The van der Waals surface area contributed by atoms with Gasteiger partial charge in [-0.3, -0.25) is 9.67 Å². The summed E-state index contributed by atoms with van der Waals surface area (Å²) >= 11 is 5.28. The molecule has 1 N–H and O–H groups in total. The molecule has 1 aromatic heterocycles. The maximum Gasteiger partial charge on any atom is 0.195 e. The average Bonchev–Trinajstić information content (AvgIpc) is 2.69. The fraction of sp³-hybridized carbons (Fsp3) is 0.818. The van der Waals surface area contributed by atoms with Gasteiger partial charge >= 0.3 is 0 Å². The number of rotatable bonds is 1. The van der Waals surface area contributed by atoms with Gasteiger partial charge in [-0.25, -0.2) is 0 Å². The highest BCUT2D eigenvalue weighted by molar-refractivity contribution is 7.71. The topological polar surface area (TPSA) is 42.8 Å². The van der Waals surface area contributed by atoms with Crippen molar-refractivity contribution < 1.29 is 4.74 Å². The molecule has 16 heavy (non-hydrogen) atoms. The molecular weight excluding hydrogens is 222 g/mol. The molecule has 2 heterocycles. The van der Waals surface area contributed by atoms with E-state index in [0.29, 0.717) is 10.7 Å². The molecule has 90 valence electrons. The lowest BCUT2D eigenvalue weighted by molar-refractivity contribution is 0.0801. The molecule has 0 amide bonds. The number of ether oxygens (including phenoxy) is 1. The average molecular weight is 241 g/mol. The van der Waals surface area contributed by atoms with Crippen LogP contribution in [0.4, 0.5) is 0 Å². The van der Waals surface area contributed by atoms with Gasteiger partial charge in [-0.2, -0.15) is 5.10 Å². The van der Waals surface area contributed by atoms with Gasteiger partial charge < -0.3 is 4.74 Å². The van der Waals surface area contributed by atoms with Gasteiger partial charge in [0.05, 0.1) is 0 Å². The fourth-order valence-electron chi connectivity index (χ4n) is 2.17. The van der Waals surface area contributed by atoms with Gasteiger partial charge in [-0.05, 0) is 45.3 Å². The first-order valence-corrected chi connectivity index (χ1v) is 6.11. The molecule has 0 saturated carbocycles. The Balaban J connectivity index is 2.46. The van der Waals surface area contributed by atoms with Crippen molar-refractivity contribution in [2.24, 2.45) is 5.92 Å². The summed E-state index contributed by atoms with van der Waals surface area (Å²) in [5.41, 5.74) is -0.0644. The molecule has 0 bridgehead atoms. The van der Waals surface area contributed by atoms with Crippen LogP contribution in [-0.4, -0.2) is 21.4 Å². The zero-order chi connectivity index (χ0) is 11.9. The van der Waals surface area contributed by atoms with Crippen LogP contribution >= 0.6 is 12.2 Å². The zero-order valence-corrected chi connectivity index (χ0v) is 11.1. The maximum absolute atomic E-state index is 5.75. The van der Waals surface area contributed by atoms with Crippen molar-refractivity contribution in [3.05, 3.63) is 10.6 Å². The molecule has 5 heteroatoms. The third-order valence-corrected chi connectivity index (χ3v) is 3.28. The van der Waals surface area contributed by atoms with Crippen molar-refractivity contribution in [2.45, 2.75) is 45.8 Å². The number of aromatic nitrogens is 3. The second-order valence-corrected chi connectivity index (χ2v) is 5.84. The minimum Gasteiger partial charge on any atom is -0.370 e. The molecule has 1 saturated heterocycles. The van der Waals surface area contributed by atoms with Crippen molar-refractivity contribution in [2.75, 3.05) is 6.61 Å². The molecule has 0 radical (unpaired) electrons. The monoisotopic (exact) mass is 241 g/mol. The van der Waals surface area contributed by atoms with Crippen LogP contribution in [0.5, 0.6) is 0 Å². The Morgan fingerprint density at radius 1 is 1.50 bits per heavy atom. The Hall–Kier alpha value is -0.680. The van der Waals surface area contributed by atoms with Crippen molar-refractivity contribution in [1.82, 2.24) is 14.8 Å². The third-order valence-electron chi connectivity index (χ3n) is 3.01. The molecule has 1 fully saturated rings. The Morgan fingerprint density at radius 3 is 2.69 bits per heavy atom. The lowest BCUT2D eigenvalue weighted by Crippen LogP contribution is -2.26. The van der Waals surface area contributed by atoms with E-state index in [1.807, 2.05) is 0 Å². The van der Waals surface area contributed by atoms with Crippen LogP contribution in [0.15, 0.2) is 0 Å². The van der Waals surface area contributed by atoms with Crippen LogP contribution in [0.2, 0.25) is 0 Å². The van der Waals surface area contributed by atoms with E-state index >= 15 is 0 Å². The van der Waals surface area contributed by atoms with Gasteiger partial charge in [-0.15, -0.1) is 0 Å². The molecule has 1 aliphatic heterocycles. The van der Waals surface area contributed by atoms with E-state index in [9.17, 15) is 0 Å². The zero-order valence-electron chi connectivity index (χ0n) is 10.3. The van der Waals surface area contributed by atoms with Gasteiger partial charge in [0.2, 0.25) is 0 Å². The Kier molecular flexibility index (Phi) is 2.92. The molecule has 0 aliphatic carbocycles. The first kappa shape index (κ1) is 11.8. The van der Waals surface area contributed by atoms with Gasteiger partial charge in [-0.1, -0.05) is 6.92 Å². The molecular formula is C11H19N3OS. The summed E-state index contributed by atoms with van der Waals surface area (Å²) < 4.78 is 8.49. The minimum absolute atomic E-state index is 0.0644. The van der Waals surface area contributed by atoms with Crippen LogP contribution in [0.3, 0.4) is 0 Å². The fourth-order valence-corrected chi connectivity index (χ4v) is 2.59. The van der Waals surface area contributed by atoms with E-state index in [0.717, 1.165) is 18.9 Å². The predicted octanol–water partition coefficient (Wildman–Crippen LogP) is 2.79. The highest BCUT2D eigenvalue weighted by Crippen LogP contribution is 2.34.